The first kappa shape index (κ1) is 79.1. The molecule has 0 saturated carbocycles. The highest BCUT2D eigenvalue weighted by molar-refractivity contribution is 5.71. The summed E-state index contributed by atoms with van der Waals surface area (Å²) in [6.45, 7) is 6.58. The van der Waals surface area contributed by atoms with Crippen molar-refractivity contribution in [2.45, 2.75) is 393 Å². The lowest BCUT2D eigenvalue weighted by molar-refractivity contribution is -0.167. The largest absolute Gasteiger partial charge is 0.462 e. The third kappa shape index (κ3) is 67.9. The quantitative estimate of drug-likeness (QED) is 0.0261. The minimum atomic E-state index is -0.783. The molecular weight excluding hydrogens is 1010 g/mol. The summed E-state index contributed by atoms with van der Waals surface area (Å²) < 4.78 is 17.0. The van der Waals surface area contributed by atoms with Crippen LogP contribution in [0.2, 0.25) is 0 Å². The van der Waals surface area contributed by atoms with Crippen molar-refractivity contribution >= 4 is 17.9 Å². The fraction of sp³-hybridized carbons (Fsp3) is 0.829. The summed E-state index contributed by atoms with van der Waals surface area (Å²) in [4.78, 5) is 38.4. The Kier molecular flexibility index (Phi) is 68.1. The number of allylic oxidation sites excluding steroid dienone is 10. The molecule has 0 radical (unpaired) electrons. The molecule has 0 aliphatic heterocycles. The molecule has 478 valence electrons. The molecule has 6 heteroatoms. The first-order valence-corrected chi connectivity index (χ1v) is 36.3. The Morgan fingerprint density at radius 3 is 0.744 bits per heavy atom. The van der Waals surface area contributed by atoms with Gasteiger partial charge in [0, 0.05) is 19.3 Å². The molecule has 0 aliphatic rings. The van der Waals surface area contributed by atoms with E-state index in [1.165, 1.54) is 238 Å². The monoisotopic (exact) mass is 1150 g/mol. The molecule has 0 rings (SSSR count). The molecule has 0 aromatic carbocycles. The Balaban J connectivity index is 4.21. The Morgan fingerprint density at radius 1 is 0.256 bits per heavy atom. The molecule has 6 nitrogen and oxygen atoms in total. The lowest BCUT2D eigenvalue weighted by Gasteiger charge is -2.18. The summed E-state index contributed by atoms with van der Waals surface area (Å²) in [5.41, 5.74) is 0. The zero-order valence-corrected chi connectivity index (χ0v) is 55.0. The second-order valence-electron chi connectivity index (χ2n) is 24.5. The van der Waals surface area contributed by atoms with E-state index in [4.69, 9.17) is 14.2 Å². The maximum atomic E-state index is 12.9. The number of ether oxygens (including phenoxy) is 3. The van der Waals surface area contributed by atoms with Crippen LogP contribution in [0.15, 0.2) is 60.8 Å². The fourth-order valence-electron chi connectivity index (χ4n) is 10.9. The van der Waals surface area contributed by atoms with E-state index in [-0.39, 0.29) is 31.1 Å². The van der Waals surface area contributed by atoms with Gasteiger partial charge in [-0.25, -0.2) is 0 Å². The van der Waals surface area contributed by atoms with Crippen molar-refractivity contribution in [1.82, 2.24) is 0 Å². The smallest absolute Gasteiger partial charge is 0.306 e. The van der Waals surface area contributed by atoms with Crippen LogP contribution in [0.5, 0.6) is 0 Å². The lowest BCUT2D eigenvalue weighted by Crippen LogP contribution is -2.30. The summed E-state index contributed by atoms with van der Waals surface area (Å²) in [6.07, 6.45) is 91.2. The summed E-state index contributed by atoms with van der Waals surface area (Å²) in [6, 6.07) is 0. The Morgan fingerprint density at radius 2 is 0.476 bits per heavy atom. The van der Waals surface area contributed by atoms with Crippen molar-refractivity contribution in [3.8, 4) is 0 Å². The van der Waals surface area contributed by atoms with Gasteiger partial charge in [-0.05, 0) is 64.2 Å². The van der Waals surface area contributed by atoms with Gasteiger partial charge >= 0.3 is 17.9 Å². The standard InChI is InChI=1S/C76H138O6/c1-4-7-10-13-16-19-22-25-27-29-31-33-34-35-36-37-38-39-40-41-43-44-46-48-51-54-57-60-63-66-69-75(78)81-72-73(71-80-74(77)68-65-62-59-56-53-50-24-21-18-15-12-9-6-3)82-76(79)70-67-64-61-58-55-52-49-47-45-42-32-30-28-26-23-20-17-14-11-8-5-2/h8,11,17,20,26,28,32,42,47,49,73H,4-7,9-10,12-16,18-19,21-25,27,29-31,33-41,43-46,48,50-72H2,1-3H3/b11-8-,20-17-,28-26-,42-32-,49-47-. The fourth-order valence-corrected chi connectivity index (χ4v) is 10.9. The van der Waals surface area contributed by atoms with E-state index in [1.807, 2.05) is 0 Å². The normalized spacial score (nSPS) is 12.4. The minimum absolute atomic E-state index is 0.0774. The molecule has 1 unspecified atom stereocenters. The van der Waals surface area contributed by atoms with Gasteiger partial charge in [0.15, 0.2) is 6.10 Å². The number of rotatable bonds is 67. The van der Waals surface area contributed by atoms with Crippen LogP contribution in [-0.2, 0) is 28.6 Å². The van der Waals surface area contributed by atoms with E-state index < -0.39 is 6.10 Å². The zero-order valence-electron chi connectivity index (χ0n) is 55.0. The summed E-state index contributed by atoms with van der Waals surface area (Å²) >= 11 is 0. The van der Waals surface area contributed by atoms with Crippen molar-refractivity contribution in [3.05, 3.63) is 60.8 Å². The van der Waals surface area contributed by atoms with Gasteiger partial charge in [0.1, 0.15) is 13.2 Å². The Labute approximate surface area is 510 Å². The van der Waals surface area contributed by atoms with Gasteiger partial charge in [-0.2, -0.15) is 0 Å². The van der Waals surface area contributed by atoms with Crippen LogP contribution in [0, 0.1) is 0 Å². The third-order valence-corrected chi connectivity index (χ3v) is 16.3. The SMILES string of the molecule is CC/C=C\C/C=C\C/C=C\C/C=C\C/C=C\CCCCCCCC(=O)OC(COC(=O)CCCCCCCCCCCCCCC)COC(=O)CCCCCCCCCCCCCCCCCCCCCCCCCCCCCCCC. The summed E-state index contributed by atoms with van der Waals surface area (Å²) in [5, 5.41) is 0. The van der Waals surface area contributed by atoms with Crippen LogP contribution in [0.4, 0.5) is 0 Å². The highest BCUT2D eigenvalue weighted by Crippen LogP contribution is 2.19. The van der Waals surface area contributed by atoms with Crippen molar-refractivity contribution in [1.29, 1.82) is 0 Å². The number of hydrogen-bond donors (Lipinski definition) is 0. The van der Waals surface area contributed by atoms with Crippen molar-refractivity contribution in [3.63, 3.8) is 0 Å². The second kappa shape index (κ2) is 70.6. The van der Waals surface area contributed by atoms with Crippen LogP contribution in [-0.4, -0.2) is 37.2 Å². The average molecular weight is 1150 g/mol. The Hall–Kier alpha value is -2.89. The van der Waals surface area contributed by atoms with E-state index in [2.05, 4.69) is 81.5 Å². The number of esters is 3. The number of carbonyl (C=O) groups excluding carboxylic acids is 3. The van der Waals surface area contributed by atoms with Crippen molar-refractivity contribution in [2.75, 3.05) is 13.2 Å². The van der Waals surface area contributed by atoms with Crippen molar-refractivity contribution < 1.29 is 28.6 Å². The van der Waals surface area contributed by atoms with Gasteiger partial charge in [0.05, 0.1) is 0 Å². The second-order valence-corrected chi connectivity index (χ2v) is 24.5. The predicted molar refractivity (Wildman–Crippen MR) is 358 cm³/mol. The molecule has 0 N–H and O–H groups in total. The molecule has 0 bridgehead atoms. The number of carbonyl (C=O) groups is 3. The van der Waals surface area contributed by atoms with Gasteiger partial charge < -0.3 is 14.2 Å². The van der Waals surface area contributed by atoms with E-state index in [1.54, 1.807) is 0 Å². The minimum Gasteiger partial charge on any atom is -0.462 e. The highest BCUT2D eigenvalue weighted by atomic mass is 16.6. The predicted octanol–water partition coefficient (Wildman–Crippen LogP) is 25.1. The highest BCUT2D eigenvalue weighted by Gasteiger charge is 2.19. The van der Waals surface area contributed by atoms with Crippen LogP contribution in [0.25, 0.3) is 0 Å². The topological polar surface area (TPSA) is 78.9 Å². The first-order valence-electron chi connectivity index (χ1n) is 36.3. The molecule has 0 saturated heterocycles. The third-order valence-electron chi connectivity index (χ3n) is 16.3. The molecule has 0 amide bonds. The molecule has 0 heterocycles. The lowest BCUT2D eigenvalue weighted by atomic mass is 10.0. The molecule has 0 spiro atoms. The molecule has 0 fully saturated rings. The first-order chi connectivity index (χ1) is 40.5. The van der Waals surface area contributed by atoms with Crippen LogP contribution in [0.1, 0.15) is 387 Å². The average Bonchev–Trinajstić information content (AvgIpc) is 3.47. The van der Waals surface area contributed by atoms with Gasteiger partial charge in [0.2, 0.25) is 0 Å². The molecule has 0 aromatic heterocycles. The van der Waals surface area contributed by atoms with E-state index in [0.29, 0.717) is 19.3 Å². The maximum Gasteiger partial charge on any atom is 0.306 e. The van der Waals surface area contributed by atoms with Gasteiger partial charge in [-0.15, -0.1) is 0 Å². The number of hydrogen-bond acceptors (Lipinski definition) is 6. The van der Waals surface area contributed by atoms with Gasteiger partial charge in [-0.3, -0.25) is 14.4 Å². The molecular formula is C76H138O6. The molecule has 0 aromatic rings. The summed E-state index contributed by atoms with van der Waals surface area (Å²) in [5.74, 6) is -0.872. The van der Waals surface area contributed by atoms with Crippen LogP contribution >= 0.6 is 0 Å². The van der Waals surface area contributed by atoms with Crippen LogP contribution in [0.3, 0.4) is 0 Å². The molecule has 0 aliphatic carbocycles. The Bertz CT molecular complexity index is 1460. The molecule has 1 atom stereocenters. The van der Waals surface area contributed by atoms with Gasteiger partial charge in [-0.1, -0.05) is 364 Å². The maximum absolute atomic E-state index is 12.9. The zero-order chi connectivity index (χ0) is 59.2. The van der Waals surface area contributed by atoms with Crippen LogP contribution < -0.4 is 0 Å². The van der Waals surface area contributed by atoms with Gasteiger partial charge in [0.25, 0.3) is 0 Å². The van der Waals surface area contributed by atoms with Crippen molar-refractivity contribution in [2.24, 2.45) is 0 Å². The number of unbranched alkanes of at least 4 members (excludes halogenated alkanes) is 46. The summed E-state index contributed by atoms with van der Waals surface area (Å²) in [7, 11) is 0. The van der Waals surface area contributed by atoms with E-state index in [9.17, 15) is 14.4 Å². The van der Waals surface area contributed by atoms with E-state index in [0.717, 1.165) is 109 Å². The molecule has 82 heavy (non-hydrogen) atoms. The van der Waals surface area contributed by atoms with E-state index >= 15 is 0 Å².